The average Bonchev–Trinajstić information content (AvgIpc) is 3.08. The van der Waals surface area contributed by atoms with E-state index in [-0.39, 0.29) is 5.91 Å². The van der Waals surface area contributed by atoms with E-state index in [9.17, 15) is 4.79 Å². The summed E-state index contributed by atoms with van der Waals surface area (Å²) in [4.78, 5) is 21.3. The number of nitrogens with zero attached hydrogens (tertiary/aromatic N) is 4. The van der Waals surface area contributed by atoms with E-state index in [1.54, 1.807) is 35.3 Å². The second-order valence-electron chi connectivity index (χ2n) is 5.19. The van der Waals surface area contributed by atoms with E-state index in [0.29, 0.717) is 17.1 Å². The Labute approximate surface area is 125 Å². The van der Waals surface area contributed by atoms with Gasteiger partial charge in [-0.05, 0) is 37.3 Å². The van der Waals surface area contributed by atoms with E-state index in [1.165, 1.54) is 0 Å². The number of nitrogens with two attached hydrogens (primary N) is 1. The molecule has 0 amide bonds. The number of hydrogen-bond donors (Lipinski definition) is 1. The topological polar surface area (TPSA) is 78.2 Å². The molecule has 6 heteroatoms. The molecule has 3 heterocycles. The van der Waals surface area contributed by atoms with Crippen molar-refractivity contribution in [1.29, 1.82) is 0 Å². The molecule has 0 radical (unpaired) electrons. The van der Waals surface area contributed by atoms with Gasteiger partial charge in [-0.1, -0.05) is 0 Å². The Balaban J connectivity index is 1.90. The number of nitrogen functional groups attached to an aromatic ring is 1. The molecule has 0 unspecified atom stereocenters. The van der Waals surface area contributed by atoms with Crippen molar-refractivity contribution in [2.75, 3.05) is 5.73 Å². The lowest BCUT2D eigenvalue weighted by Gasteiger charge is -2.06. The highest BCUT2D eigenvalue weighted by atomic mass is 16.2. The molecular formula is C16H13N5O. The Morgan fingerprint density at radius 3 is 2.95 bits per heavy atom. The standard InChI is InChI=1S/C16H13N5O/c1-10-19-14-7-12(17)2-3-15(14)21(10)16(22)11-4-5-20-9-18-8-13(20)6-11/h2-9H,17H2,1H3. The van der Waals surface area contributed by atoms with Gasteiger partial charge >= 0.3 is 0 Å². The minimum atomic E-state index is -0.117. The molecule has 0 fully saturated rings. The van der Waals surface area contributed by atoms with E-state index in [4.69, 9.17) is 5.73 Å². The van der Waals surface area contributed by atoms with Crippen molar-refractivity contribution in [3.05, 3.63) is 60.4 Å². The van der Waals surface area contributed by atoms with Crippen molar-refractivity contribution >= 4 is 28.1 Å². The number of aromatic nitrogens is 4. The zero-order valence-corrected chi connectivity index (χ0v) is 11.9. The predicted molar refractivity (Wildman–Crippen MR) is 83.8 cm³/mol. The van der Waals surface area contributed by atoms with Gasteiger partial charge in [0.25, 0.3) is 5.91 Å². The van der Waals surface area contributed by atoms with Gasteiger partial charge < -0.3 is 10.1 Å². The molecule has 0 atom stereocenters. The molecule has 2 N–H and O–H groups in total. The molecule has 22 heavy (non-hydrogen) atoms. The molecule has 3 aromatic heterocycles. The van der Waals surface area contributed by atoms with Crippen LogP contribution in [0.5, 0.6) is 0 Å². The molecule has 0 aliphatic carbocycles. The SMILES string of the molecule is Cc1nc2cc(N)ccc2n1C(=O)c1ccn2cncc2c1. The molecule has 1 aromatic carbocycles. The molecule has 0 saturated heterocycles. The Morgan fingerprint density at radius 1 is 1.23 bits per heavy atom. The number of rotatable bonds is 1. The van der Waals surface area contributed by atoms with Crippen LogP contribution < -0.4 is 5.73 Å². The van der Waals surface area contributed by atoms with E-state index < -0.39 is 0 Å². The third kappa shape index (κ3) is 1.77. The van der Waals surface area contributed by atoms with Crippen molar-refractivity contribution in [3.8, 4) is 0 Å². The summed E-state index contributed by atoms with van der Waals surface area (Å²) in [5, 5.41) is 0. The number of hydrogen-bond acceptors (Lipinski definition) is 4. The third-order valence-corrected chi connectivity index (χ3v) is 3.71. The van der Waals surface area contributed by atoms with Crippen molar-refractivity contribution in [2.45, 2.75) is 6.92 Å². The molecule has 0 saturated carbocycles. The first-order valence-corrected chi connectivity index (χ1v) is 6.84. The normalized spacial score (nSPS) is 11.3. The molecular weight excluding hydrogens is 278 g/mol. The highest BCUT2D eigenvalue weighted by Gasteiger charge is 2.16. The fraction of sp³-hybridized carbons (Fsp3) is 0.0625. The summed E-state index contributed by atoms with van der Waals surface area (Å²) >= 11 is 0. The van der Waals surface area contributed by atoms with Gasteiger partial charge in [-0.15, -0.1) is 0 Å². The summed E-state index contributed by atoms with van der Waals surface area (Å²) in [5.41, 5.74) is 9.34. The lowest BCUT2D eigenvalue weighted by molar-refractivity contribution is 0.0962. The fourth-order valence-electron chi connectivity index (χ4n) is 2.66. The van der Waals surface area contributed by atoms with E-state index in [0.717, 1.165) is 16.6 Å². The smallest absolute Gasteiger partial charge is 0.263 e. The van der Waals surface area contributed by atoms with E-state index >= 15 is 0 Å². The Bertz CT molecular complexity index is 1030. The van der Waals surface area contributed by atoms with E-state index in [2.05, 4.69) is 9.97 Å². The summed E-state index contributed by atoms with van der Waals surface area (Å²) in [6.07, 6.45) is 5.24. The van der Waals surface area contributed by atoms with Gasteiger partial charge in [-0.2, -0.15) is 0 Å². The Hall–Kier alpha value is -3.15. The van der Waals surface area contributed by atoms with Gasteiger partial charge in [-0.25, -0.2) is 9.97 Å². The van der Waals surface area contributed by atoms with Gasteiger partial charge in [0, 0.05) is 17.4 Å². The second-order valence-corrected chi connectivity index (χ2v) is 5.19. The maximum Gasteiger partial charge on any atom is 0.263 e. The van der Waals surface area contributed by atoms with Crippen LogP contribution in [0.3, 0.4) is 0 Å². The number of carbonyl (C=O) groups excluding carboxylic acids is 1. The summed E-state index contributed by atoms with van der Waals surface area (Å²) in [6, 6.07) is 8.96. The maximum absolute atomic E-state index is 12.9. The molecule has 108 valence electrons. The quantitative estimate of drug-likeness (QED) is 0.546. The Morgan fingerprint density at radius 2 is 2.09 bits per heavy atom. The molecule has 0 bridgehead atoms. The monoisotopic (exact) mass is 291 g/mol. The number of anilines is 1. The van der Waals surface area contributed by atoms with Gasteiger partial charge in [0.1, 0.15) is 5.82 Å². The van der Waals surface area contributed by atoms with Crippen LogP contribution >= 0.6 is 0 Å². The first-order valence-electron chi connectivity index (χ1n) is 6.84. The fourth-order valence-corrected chi connectivity index (χ4v) is 2.66. The van der Waals surface area contributed by atoms with E-state index in [1.807, 2.05) is 29.7 Å². The van der Waals surface area contributed by atoms with Crippen LogP contribution in [0.4, 0.5) is 5.69 Å². The molecule has 0 aliphatic rings. The number of pyridine rings is 1. The minimum absolute atomic E-state index is 0.117. The zero-order chi connectivity index (χ0) is 15.3. The molecule has 4 aromatic rings. The van der Waals surface area contributed by atoms with Crippen LogP contribution in [0.2, 0.25) is 0 Å². The number of carbonyl (C=O) groups is 1. The third-order valence-electron chi connectivity index (χ3n) is 3.71. The van der Waals surface area contributed by atoms with Crippen molar-refractivity contribution in [2.24, 2.45) is 0 Å². The van der Waals surface area contributed by atoms with Crippen LogP contribution in [0.1, 0.15) is 16.2 Å². The lowest BCUT2D eigenvalue weighted by Crippen LogP contribution is -2.13. The van der Waals surface area contributed by atoms with Gasteiger partial charge in [0.15, 0.2) is 0 Å². The highest BCUT2D eigenvalue weighted by molar-refractivity contribution is 6.02. The van der Waals surface area contributed by atoms with Crippen LogP contribution in [0, 0.1) is 6.92 Å². The summed E-state index contributed by atoms with van der Waals surface area (Å²) in [7, 11) is 0. The van der Waals surface area contributed by atoms with Crippen LogP contribution in [-0.4, -0.2) is 24.8 Å². The number of imidazole rings is 2. The summed E-state index contributed by atoms with van der Waals surface area (Å²) in [5.74, 6) is 0.521. The maximum atomic E-state index is 12.9. The molecule has 0 aliphatic heterocycles. The summed E-state index contributed by atoms with van der Waals surface area (Å²) in [6.45, 7) is 1.81. The first kappa shape index (κ1) is 12.6. The largest absolute Gasteiger partial charge is 0.399 e. The van der Waals surface area contributed by atoms with Crippen LogP contribution in [0.15, 0.2) is 49.1 Å². The molecule has 0 spiro atoms. The number of benzene rings is 1. The summed E-state index contributed by atoms with van der Waals surface area (Å²) < 4.78 is 3.47. The van der Waals surface area contributed by atoms with Gasteiger partial charge in [-0.3, -0.25) is 9.36 Å². The van der Waals surface area contributed by atoms with Crippen molar-refractivity contribution in [1.82, 2.24) is 18.9 Å². The first-order chi connectivity index (χ1) is 10.6. The number of aryl methyl sites for hydroxylation is 1. The molecule has 6 nitrogen and oxygen atoms in total. The second kappa shape index (κ2) is 4.42. The lowest BCUT2D eigenvalue weighted by atomic mass is 10.2. The molecule has 4 rings (SSSR count). The van der Waals surface area contributed by atoms with Gasteiger partial charge in [0.2, 0.25) is 0 Å². The highest BCUT2D eigenvalue weighted by Crippen LogP contribution is 2.20. The zero-order valence-electron chi connectivity index (χ0n) is 11.9. The number of fused-ring (bicyclic) bond motifs is 2. The average molecular weight is 291 g/mol. The predicted octanol–water partition coefficient (Wildman–Crippen LogP) is 2.26. The van der Waals surface area contributed by atoms with Crippen LogP contribution in [0.25, 0.3) is 16.6 Å². The van der Waals surface area contributed by atoms with Crippen LogP contribution in [-0.2, 0) is 0 Å². The van der Waals surface area contributed by atoms with Crippen molar-refractivity contribution < 1.29 is 4.79 Å². The Kier molecular flexibility index (Phi) is 2.53. The van der Waals surface area contributed by atoms with Gasteiger partial charge in [0.05, 0.1) is 29.1 Å². The minimum Gasteiger partial charge on any atom is -0.399 e. The van der Waals surface area contributed by atoms with Crippen molar-refractivity contribution in [3.63, 3.8) is 0 Å².